The molecular formula is C11H21N3. The molecule has 0 aliphatic heterocycles. The van der Waals surface area contributed by atoms with Crippen LogP contribution in [0.3, 0.4) is 0 Å². The topological polar surface area (TPSA) is 53.0 Å². The van der Waals surface area contributed by atoms with Crippen LogP contribution in [-0.4, -0.2) is 29.6 Å². The van der Waals surface area contributed by atoms with Gasteiger partial charge in [0.1, 0.15) is 5.54 Å². The van der Waals surface area contributed by atoms with E-state index in [1.807, 2.05) is 6.92 Å². The van der Waals surface area contributed by atoms with Crippen LogP contribution in [0, 0.1) is 11.3 Å². The third kappa shape index (κ3) is 3.65. The molecule has 0 aromatic rings. The van der Waals surface area contributed by atoms with E-state index in [0.29, 0.717) is 12.6 Å². The van der Waals surface area contributed by atoms with E-state index < -0.39 is 5.54 Å². The van der Waals surface area contributed by atoms with Gasteiger partial charge in [0.2, 0.25) is 0 Å². The summed E-state index contributed by atoms with van der Waals surface area (Å²) in [5.74, 6) is 0. The van der Waals surface area contributed by atoms with E-state index in [0.717, 1.165) is 6.54 Å². The number of nitriles is 1. The Kier molecular flexibility index (Phi) is 3.91. The molecular weight excluding hydrogens is 174 g/mol. The van der Waals surface area contributed by atoms with Gasteiger partial charge in [0.05, 0.1) is 6.07 Å². The van der Waals surface area contributed by atoms with Crippen molar-refractivity contribution in [2.75, 3.05) is 13.1 Å². The maximum atomic E-state index is 8.87. The molecule has 1 atom stereocenters. The van der Waals surface area contributed by atoms with Gasteiger partial charge in [0.15, 0.2) is 0 Å². The minimum Gasteiger partial charge on any atom is -0.313 e. The van der Waals surface area contributed by atoms with Gasteiger partial charge in [-0.15, -0.1) is 0 Å². The molecule has 0 amide bonds. The van der Waals surface area contributed by atoms with Crippen molar-refractivity contribution in [3.05, 3.63) is 0 Å². The predicted molar refractivity (Wildman–Crippen MR) is 57.7 cm³/mol. The van der Waals surface area contributed by atoms with Crippen LogP contribution in [0.25, 0.3) is 0 Å². The molecule has 0 spiro atoms. The van der Waals surface area contributed by atoms with E-state index in [1.54, 1.807) is 0 Å². The maximum absolute atomic E-state index is 8.87. The SMILES string of the molecule is CCCCN(CC(C)(N)C#N)C1CC1. The smallest absolute Gasteiger partial charge is 0.114 e. The fourth-order valence-corrected chi connectivity index (χ4v) is 1.65. The number of hydrogen-bond donors (Lipinski definition) is 1. The van der Waals surface area contributed by atoms with Gasteiger partial charge in [-0.05, 0) is 32.7 Å². The molecule has 1 rings (SSSR count). The van der Waals surface area contributed by atoms with E-state index in [9.17, 15) is 0 Å². The van der Waals surface area contributed by atoms with Crippen LogP contribution in [0.5, 0.6) is 0 Å². The average molecular weight is 195 g/mol. The van der Waals surface area contributed by atoms with Gasteiger partial charge < -0.3 is 5.73 Å². The van der Waals surface area contributed by atoms with Gasteiger partial charge in [-0.3, -0.25) is 4.90 Å². The minimum absolute atomic E-state index is 0.684. The lowest BCUT2D eigenvalue weighted by molar-refractivity contribution is 0.227. The molecule has 0 saturated heterocycles. The van der Waals surface area contributed by atoms with Crippen LogP contribution in [-0.2, 0) is 0 Å². The number of unbranched alkanes of at least 4 members (excludes halogenated alkanes) is 1. The number of rotatable bonds is 6. The van der Waals surface area contributed by atoms with Crippen LogP contribution >= 0.6 is 0 Å². The maximum Gasteiger partial charge on any atom is 0.114 e. The zero-order valence-electron chi connectivity index (χ0n) is 9.29. The van der Waals surface area contributed by atoms with E-state index >= 15 is 0 Å². The normalized spacial score (nSPS) is 20.5. The highest BCUT2D eigenvalue weighted by Crippen LogP contribution is 2.27. The Bertz CT molecular complexity index is 213. The summed E-state index contributed by atoms with van der Waals surface area (Å²) < 4.78 is 0. The fourth-order valence-electron chi connectivity index (χ4n) is 1.65. The Hall–Kier alpha value is -0.590. The van der Waals surface area contributed by atoms with Crippen molar-refractivity contribution >= 4 is 0 Å². The Labute approximate surface area is 86.9 Å². The van der Waals surface area contributed by atoms with Gasteiger partial charge in [-0.25, -0.2) is 0 Å². The third-order valence-electron chi connectivity index (χ3n) is 2.65. The van der Waals surface area contributed by atoms with Crippen LogP contribution in [0.2, 0.25) is 0 Å². The lowest BCUT2D eigenvalue weighted by Gasteiger charge is -2.27. The first kappa shape index (κ1) is 11.5. The largest absolute Gasteiger partial charge is 0.313 e. The van der Waals surface area contributed by atoms with Gasteiger partial charge in [-0.2, -0.15) is 5.26 Å². The number of nitrogens with zero attached hydrogens (tertiary/aromatic N) is 2. The first-order valence-corrected chi connectivity index (χ1v) is 5.53. The van der Waals surface area contributed by atoms with Gasteiger partial charge in [-0.1, -0.05) is 13.3 Å². The monoisotopic (exact) mass is 195 g/mol. The second-order valence-electron chi connectivity index (χ2n) is 4.58. The lowest BCUT2D eigenvalue weighted by Crippen LogP contribution is -2.47. The van der Waals surface area contributed by atoms with Crippen molar-refractivity contribution < 1.29 is 0 Å². The summed E-state index contributed by atoms with van der Waals surface area (Å²) >= 11 is 0. The van der Waals surface area contributed by atoms with E-state index in [1.165, 1.54) is 25.7 Å². The summed E-state index contributed by atoms with van der Waals surface area (Å²) in [6.07, 6.45) is 4.98. The molecule has 0 bridgehead atoms. The van der Waals surface area contributed by atoms with Crippen molar-refractivity contribution in [3.63, 3.8) is 0 Å². The zero-order chi connectivity index (χ0) is 10.6. The molecule has 3 heteroatoms. The van der Waals surface area contributed by atoms with Gasteiger partial charge in [0, 0.05) is 12.6 Å². The zero-order valence-corrected chi connectivity index (χ0v) is 9.29. The predicted octanol–water partition coefficient (Wildman–Crippen LogP) is 1.49. The second-order valence-corrected chi connectivity index (χ2v) is 4.58. The van der Waals surface area contributed by atoms with E-state index in [4.69, 9.17) is 11.0 Å². The molecule has 1 saturated carbocycles. The summed E-state index contributed by atoms with van der Waals surface area (Å²) in [4.78, 5) is 2.38. The lowest BCUT2D eigenvalue weighted by atomic mass is 10.1. The summed E-state index contributed by atoms with van der Waals surface area (Å²) in [7, 11) is 0. The Morgan fingerprint density at radius 3 is 2.64 bits per heavy atom. The molecule has 1 aliphatic carbocycles. The minimum atomic E-state index is -0.684. The molecule has 0 heterocycles. The molecule has 3 nitrogen and oxygen atoms in total. The summed E-state index contributed by atoms with van der Waals surface area (Å²) in [6.45, 7) is 5.81. The summed E-state index contributed by atoms with van der Waals surface area (Å²) in [5, 5.41) is 8.87. The second kappa shape index (κ2) is 4.77. The molecule has 1 fully saturated rings. The fraction of sp³-hybridized carbons (Fsp3) is 0.909. The standard InChI is InChI=1S/C11H21N3/c1-3-4-7-14(10-5-6-10)9-11(2,13)8-12/h10H,3-7,9,13H2,1-2H3. The first-order valence-electron chi connectivity index (χ1n) is 5.53. The molecule has 80 valence electrons. The van der Waals surface area contributed by atoms with E-state index in [2.05, 4.69) is 17.9 Å². The Balaban J connectivity index is 2.39. The summed E-state index contributed by atoms with van der Waals surface area (Å²) in [5.41, 5.74) is 5.17. The van der Waals surface area contributed by atoms with E-state index in [-0.39, 0.29) is 0 Å². The van der Waals surface area contributed by atoms with Crippen molar-refractivity contribution in [3.8, 4) is 6.07 Å². The highest BCUT2D eigenvalue weighted by atomic mass is 15.2. The molecule has 14 heavy (non-hydrogen) atoms. The van der Waals surface area contributed by atoms with Gasteiger partial charge >= 0.3 is 0 Å². The molecule has 1 aliphatic rings. The van der Waals surface area contributed by atoms with Crippen LogP contribution in [0.4, 0.5) is 0 Å². The first-order chi connectivity index (χ1) is 6.59. The molecule has 2 N–H and O–H groups in total. The van der Waals surface area contributed by atoms with Crippen LogP contribution in [0.15, 0.2) is 0 Å². The Morgan fingerprint density at radius 1 is 1.57 bits per heavy atom. The van der Waals surface area contributed by atoms with Crippen molar-refractivity contribution in [2.45, 2.75) is 51.1 Å². The molecule has 0 aromatic heterocycles. The summed E-state index contributed by atoms with van der Waals surface area (Å²) in [6, 6.07) is 2.87. The van der Waals surface area contributed by atoms with Crippen molar-refractivity contribution in [1.82, 2.24) is 4.90 Å². The molecule has 0 aromatic carbocycles. The Morgan fingerprint density at radius 2 is 2.21 bits per heavy atom. The molecule has 1 unspecified atom stereocenters. The quantitative estimate of drug-likeness (QED) is 0.698. The van der Waals surface area contributed by atoms with Crippen LogP contribution in [0.1, 0.15) is 39.5 Å². The third-order valence-corrected chi connectivity index (χ3v) is 2.65. The number of nitrogens with two attached hydrogens (primary N) is 1. The van der Waals surface area contributed by atoms with Crippen molar-refractivity contribution in [1.29, 1.82) is 5.26 Å². The van der Waals surface area contributed by atoms with Crippen molar-refractivity contribution in [2.24, 2.45) is 5.73 Å². The highest BCUT2D eigenvalue weighted by molar-refractivity contribution is 5.04. The highest BCUT2D eigenvalue weighted by Gasteiger charge is 2.32. The number of hydrogen-bond acceptors (Lipinski definition) is 3. The van der Waals surface area contributed by atoms with Gasteiger partial charge in [0.25, 0.3) is 0 Å². The van der Waals surface area contributed by atoms with Crippen LogP contribution < -0.4 is 5.73 Å². The molecule has 0 radical (unpaired) electrons. The average Bonchev–Trinajstić information content (AvgIpc) is 2.95.